The molecule has 0 unspecified atom stereocenters. The lowest BCUT2D eigenvalue weighted by Crippen LogP contribution is -1.88. The van der Waals surface area contributed by atoms with Gasteiger partial charge in [0.1, 0.15) is 0 Å². The molecule has 1 aliphatic heterocycles. The van der Waals surface area contributed by atoms with Crippen LogP contribution in [-0.2, 0) is 9.53 Å². The van der Waals surface area contributed by atoms with Gasteiger partial charge in [-0.3, -0.25) is 0 Å². The van der Waals surface area contributed by atoms with Crippen LogP contribution in [0.2, 0.25) is 0 Å². The Balaban J connectivity index is 2.77. The summed E-state index contributed by atoms with van der Waals surface area (Å²) in [5.41, 5.74) is 5.40. The molecule has 0 atom stereocenters. The highest BCUT2D eigenvalue weighted by molar-refractivity contribution is 5.86. The van der Waals surface area contributed by atoms with Crippen molar-refractivity contribution in [3.63, 3.8) is 0 Å². The van der Waals surface area contributed by atoms with E-state index in [-0.39, 0.29) is 5.97 Å². The van der Waals surface area contributed by atoms with Crippen molar-refractivity contribution in [3.8, 4) is 0 Å². The topological polar surface area (TPSA) is 26.3 Å². The summed E-state index contributed by atoms with van der Waals surface area (Å²) < 4.78 is 4.69. The predicted molar refractivity (Wildman–Crippen MR) is 45.2 cm³/mol. The lowest BCUT2D eigenvalue weighted by Gasteiger charge is -1.85. The van der Waals surface area contributed by atoms with Gasteiger partial charge >= 0.3 is 5.97 Å². The van der Waals surface area contributed by atoms with Crippen LogP contribution in [0.1, 0.15) is 6.92 Å². The summed E-state index contributed by atoms with van der Waals surface area (Å²) in [4.78, 5) is 10.5. The Morgan fingerprint density at radius 3 is 2.92 bits per heavy atom. The normalized spacial score (nSPS) is 14.4. The molecule has 0 bridgehead atoms. The smallest absolute Gasteiger partial charge is 0.336 e. The van der Waals surface area contributed by atoms with E-state index in [1.54, 1.807) is 12.2 Å². The third-order valence-corrected chi connectivity index (χ3v) is 1.15. The minimum absolute atomic E-state index is 0.356. The van der Waals surface area contributed by atoms with E-state index in [0.29, 0.717) is 5.76 Å². The zero-order chi connectivity index (χ0) is 8.81. The molecule has 0 aromatic heterocycles. The molecule has 1 aliphatic rings. The number of allylic oxidation sites excluding steroid dienone is 4. The predicted octanol–water partition coefficient (Wildman–Crippen LogP) is 1.87. The van der Waals surface area contributed by atoms with Gasteiger partial charge in [0, 0.05) is 6.08 Å². The Labute approximate surface area is 70.8 Å². The number of ether oxygens (including phenoxy) is 1. The number of hydrogen-bond acceptors (Lipinski definition) is 2. The van der Waals surface area contributed by atoms with Gasteiger partial charge in [0.25, 0.3) is 0 Å². The first-order valence-corrected chi connectivity index (χ1v) is 3.56. The van der Waals surface area contributed by atoms with Crippen LogP contribution < -0.4 is 0 Å². The van der Waals surface area contributed by atoms with Gasteiger partial charge in [0.15, 0.2) is 5.76 Å². The number of rotatable bonds is 1. The van der Waals surface area contributed by atoms with Crippen molar-refractivity contribution in [2.45, 2.75) is 6.92 Å². The van der Waals surface area contributed by atoms with Crippen molar-refractivity contribution >= 4 is 5.97 Å². The van der Waals surface area contributed by atoms with Crippen molar-refractivity contribution in [2.24, 2.45) is 0 Å². The second kappa shape index (κ2) is 4.20. The van der Waals surface area contributed by atoms with Crippen LogP contribution in [0.25, 0.3) is 0 Å². The minimum atomic E-state index is -0.356. The van der Waals surface area contributed by atoms with Gasteiger partial charge in [-0.1, -0.05) is 17.9 Å². The average Bonchev–Trinajstić information content (AvgIpc) is 2.45. The zero-order valence-corrected chi connectivity index (χ0v) is 6.70. The highest BCUT2D eigenvalue weighted by atomic mass is 16.5. The van der Waals surface area contributed by atoms with E-state index in [4.69, 9.17) is 4.74 Å². The largest absolute Gasteiger partial charge is 0.414 e. The lowest BCUT2D eigenvalue weighted by atomic mass is 10.4. The van der Waals surface area contributed by atoms with E-state index < -0.39 is 0 Å². The summed E-state index contributed by atoms with van der Waals surface area (Å²) in [6, 6.07) is 0. The molecule has 2 nitrogen and oxygen atoms in total. The molecule has 1 heterocycles. The van der Waals surface area contributed by atoms with Crippen molar-refractivity contribution < 1.29 is 9.53 Å². The van der Waals surface area contributed by atoms with E-state index in [2.05, 4.69) is 11.5 Å². The molecule has 0 aromatic carbocycles. The molecule has 0 saturated heterocycles. The maximum atomic E-state index is 10.5. The molecule has 2 heteroatoms. The molecule has 0 radical (unpaired) electrons. The molecular weight excluding hydrogens is 152 g/mol. The van der Waals surface area contributed by atoms with Gasteiger partial charge in [-0.05, 0) is 24.8 Å². The lowest BCUT2D eigenvalue weighted by molar-refractivity contribution is -0.132. The summed E-state index contributed by atoms with van der Waals surface area (Å²) in [5.74, 6) is 0.0473. The van der Waals surface area contributed by atoms with Crippen molar-refractivity contribution in [1.29, 1.82) is 0 Å². The number of hydrogen-bond donors (Lipinski definition) is 0. The molecule has 12 heavy (non-hydrogen) atoms. The SMILES string of the molecule is CC=CC=C=C=C1C=CC(=O)O1. The molecule has 1 rings (SSSR count). The Bertz CT molecular complexity index is 333. The third-order valence-electron chi connectivity index (χ3n) is 1.15. The van der Waals surface area contributed by atoms with Gasteiger partial charge < -0.3 is 4.74 Å². The highest BCUT2D eigenvalue weighted by Crippen LogP contribution is 2.05. The fraction of sp³-hybridized carbons (Fsp3) is 0.100. The van der Waals surface area contributed by atoms with Crippen molar-refractivity contribution in [2.75, 3.05) is 0 Å². The Morgan fingerprint density at radius 1 is 1.50 bits per heavy atom. The van der Waals surface area contributed by atoms with Crippen molar-refractivity contribution in [3.05, 3.63) is 47.6 Å². The summed E-state index contributed by atoms with van der Waals surface area (Å²) >= 11 is 0. The van der Waals surface area contributed by atoms with Crippen LogP contribution in [0.5, 0.6) is 0 Å². The monoisotopic (exact) mass is 160 g/mol. The van der Waals surface area contributed by atoms with Crippen molar-refractivity contribution in [1.82, 2.24) is 0 Å². The maximum absolute atomic E-state index is 10.5. The second-order valence-electron chi connectivity index (χ2n) is 2.08. The number of cyclic esters (lactones) is 1. The Kier molecular flexibility index (Phi) is 2.92. The molecule has 60 valence electrons. The Morgan fingerprint density at radius 2 is 2.33 bits per heavy atom. The highest BCUT2D eigenvalue weighted by Gasteiger charge is 2.06. The fourth-order valence-corrected chi connectivity index (χ4v) is 0.644. The maximum Gasteiger partial charge on any atom is 0.336 e. The third kappa shape index (κ3) is 2.47. The second-order valence-corrected chi connectivity index (χ2v) is 2.08. The zero-order valence-electron chi connectivity index (χ0n) is 6.70. The molecule has 0 amide bonds. The molecule has 0 aliphatic carbocycles. The summed E-state index contributed by atoms with van der Waals surface area (Å²) in [6.07, 6.45) is 8.27. The summed E-state index contributed by atoms with van der Waals surface area (Å²) in [6.45, 7) is 1.90. The summed E-state index contributed by atoms with van der Waals surface area (Å²) in [7, 11) is 0. The van der Waals surface area contributed by atoms with Crippen LogP contribution in [0.15, 0.2) is 47.6 Å². The number of carbonyl (C=O) groups excluding carboxylic acids is 1. The van der Waals surface area contributed by atoms with Gasteiger partial charge in [-0.25, -0.2) is 4.79 Å². The van der Waals surface area contributed by atoms with E-state index in [9.17, 15) is 4.79 Å². The van der Waals surface area contributed by atoms with E-state index >= 15 is 0 Å². The van der Waals surface area contributed by atoms with Crippen LogP contribution >= 0.6 is 0 Å². The molecule has 0 fully saturated rings. The Hall–Kier alpha value is -1.75. The standard InChI is InChI=1S/C10H8O2/c1-2-3-4-5-6-9-7-8-10(11)12-9/h2-4,7-8H,1H3. The van der Waals surface area contributed by atoms with Gasteiger partial charge in [0.2, 0.25) is 0 Å². The summed E-state index contributed by atoms with van der Waals surface area (Å²) in [5, 5.41) is 0. The van der Waals surface area contributed by atoms with Crippen LogP contribution in [0.4, 0.5) is 0 Å². The quantitative estimate of drug-likeness (QED) is 0.332. The number of carbonyl (C=O) groups is 1. The van der Waals surface area contributed by atoms with Crippen LogP contribution in [0, 0.1) is 0 Å². The molecule has 0 N–H and O–H groups in total. The minimum Gasteiger partial charge on any atom is -0.414 e. The van der Waals surface area contributed by atoms with Crippen LogP contribution in [0.3, 0.4) is 0 Å². The molecule has 0 aromatic rings. The first-order chi connectivity index (χ1) is 5.83. The number of esters is 1. The fourth-order valence-electron chi connectivity index (χ4n) is 0.644. The van der Waals surface area contributed by atoms with Gasteiger partial charge in [-0.2, -0.15) is 0 Å². The van der Waals surface area contributed by atoms with Gasteiger partial charge in [-0.15, -0.1) is 0 Å². The van der Waals surface area contributed by atoms with Crippen LogP contribution in [-0.4, -0.2) is 5.97 Å². The first kappa shape index (κ1) is 8.35. The van der Waals surface area contributed by atoms with E-state index in [1.807, 2.05) is 19.1 Å². The van der Waals surface area contributed by atoms with Gasteiger partial charge in [0.05, 0.1) is 0 Å². The van der Waals surface area contributed by atoms with E-state index in [0.717, 1.165) is 0 Å². The average molecular weight is 160 g/mol. The molecule has 0 spiro atoms. The molecule has 0 saturated carbocycles. The first-order valence-electron chi connectivity index (χ1n) is 3.56. The van der Waals surface area contributed by atoms with E-state index in [1.165, 1.54) is 6.08 Å². The molecular formula is C10H8O2.